The van der Waals surface area contributed by atoms with Gasteiger partial charge >= 0.3 is 5.97 Å². The molecule has 0 aromatic rings. The van der Waals surface area contributed by atoms with Crippen LogP contribution in [0.1, 0.15) is 33.6 Å². The zero-order valence-corrected chi connectivity index (χ0v) is 9.15. The van der Waals surface area contributed by atoms with E-state index < -0.39 is 17.8 Å². The summed E-state index contributed by atoms with van der Waals surface area (Å²) in [6.07, 6.45) is 0.254. The number of hydrogen-bond donors (Lipinski definition) is 0. The molecule has 0 aromatic carbocycles. The highest BCUT2D eigenvalue weighted by Crippen LogP contribution is 2.16. The minimum Gasteiger partial charge on any atom is -0.330 e. The number of amides is 2. The molecule has 0 bridgehead atoms. The van der Waals surface area contributed by atoms with E-state index in [2.05, 4.69) is 0 Å². The molecular formula is C10H15NO4. The molecule has 0 N–H and O–H groups in total. The van der Waals surface area contributed by atoms with Gasteiger partial charge in [-0.15, -0.1) is 5.06 Å². The monoisotopic (exact) mass is 213 g/mol. The van der Waals surface area contributed by atoms with Gasteiger partial charge in [0.25, 0.3) is 11.8 Å². The number of rotatable bonds is 3. The first-order valence-electron chi connectivity index (χ1n) is 5.01. The van der Waals surface area contributed by atoms with Crippen molar-refractivity contribution in [2.45, 2.75) is 33.6 Å². The summed E-state index contributed by atoms with van der Waals surface area (Å²) in [5.41, 5.74) is 0. The zero-order valence-electron chi connectivity index (χ0n) is 9.15. The summed E-state index contributed by atoms with van der Waals surface area (Å²) in [4.78, 5) is 38.5. The van der Waals surface area contributed by atoms with Crippen LogP contribution in [-0.4, -0.2) is 22.8 Å². The highest BCUT2D eigenvalue weighted by atomic mass is 16.7. The van der Waals surface area contributed by atoms with Crippen LogP contribution in [0.4, 0.5) is 0 Å². The predicted molar refractivity (Wildman–Crippen MR) is 51.2 cm³/mol. The van der Waals surface area contributed by atoms with Crippen molar-refractivity contribution in [3.8, 4) is 0 Å². The van der Waals surface area contributed by atoms with Gasteiger partial charge in [-0.2, -0.15) is 0 Å². The molecule has 5 nitrogen and oxygen atoms in total. The number of hydroxylamine groups is 2. The lowest BCUT2D eigenvalue weighted by atomic mass is 9.99. The van der Waals surface area contributed by atoms with Crippen molar-refractivity contribution in [3.63, 3.8) is 0 Å². The molecule has 1 aliphatic heterocycles. The van der Waals surface area contributed by atoms with Crippen molar-refractivity contribution < 1.29 is 19.2 Å². The van der Waals surface area contributed by atoms with Gasteiger partial charge in [-0.25, -0.2) is 4.79 Å². The Morgan fingerprint density at radius 1 is 1.20 bits per heavy atom. The van der Waals surface area contributed by atoms with Crippen LogP contribution in [0, 0.1) is 11.8 Å². The van der Waals surface area contributed by atoms with Crippen LogP contribution in [0.5, 0.6) is 0 Å². The molecule has 0 radical (unpaired) electrons. The third-order valence-corrected chi connectivity index (χ3v) is 2.56. The van der Waals surface area contributed by atoms with Crippen molar-refractivity contribution in [2.24, 2.45) is 11.8 Å². The van der Waals surface area contributed by atoms with Crippen LogP contribution in [0.2, 0.25) is 0 Å². The molecule has 1 heterocycles. The second-order valence-electron chi connectivity index (χ2n) is 4.02. The van der Waals surface area contributed by atoms with E-state index in [1.165, 1.54) is 0 Å². The van der Waals surface area contributed by atoms with Gasteiger partial charge in [-0.3, -0.25) is 9.59 Å². The van der Waals surface area contributed by atoms with Crippen LogP contribution in [-0.2, 0) is 19.2 Å². The second-order valence-corrected chi connectivity index (χ2v) is 4.02. The largest absolute Gasteiger partial charge is 0.336 e. The summed E-state index contributed by atoms with van der Waals surface area (Å²) >= 11 is 0. The molecule has 1 unspecified atom stereocenters. The van der Waals surface area contributed by atoms with Gasteiger partial charge in [0.15, 0.2) is 0 Å². The summed E-state index contributed by atoms with van der Waals surface area (Å²) in [5.74, 6) is -1.63. The average molecular weight is 213 g/mol. The third kappa shape index (κ3) is 2.55. The molecule has 0 aliphatic carbocycles. The van der Waals surface area contributed by atoms with E-state index in [1.54, 1.807) is 6.92 Å². The Bertz CT molecular complexity index is 282. The number of hydrogen-bond acceptors (Lipinski definition) is 4. The van der Waals surface area contributed by atoms with Crippen LogP contribution in [0.3, 0.4) is 0 Å². The maximum absolute atomic E-state index is 11.5. The Balaban J connectivity index is 2.58. The maximum atomic E-state index is 11.5. The Labute approximate surface area is 88.3 Å². The van der Waals surface area contributed by atoms with E-state index >= 15 is 0 Å². The van der Waals surface area contributed by atoms with Crippen molar-refractivity contribution in [1.82, 2.24) is 5.06 Å². The first-order valence-corrected chi connectivity index (χ1v) is 5.01. The summed E-state index contributed by atoms with van der Waals surface area (Å²) in [6.45, 7) is 5.46. The summed E-state index contributed by atoms with van der Waals surface area (Å²) in [5, 5.41) is 0.585. The molecule has 1 saturated heterocycles. The van der Waals surface area contributed by atoms with Crippen molar-refractivity contribution in [3.05, 3.63) is 0 Å². The van der Waals surface area contributed by atoms with Crippen molar-refractivity contribution in [1.29, 1.82) is 0 Å². The van der Waals surface area contributed by atoms with Crippen LogP contribution in [0.15, 0.2) is 0 Å². The highest BCUT2D eigenvalue weighted by molar-refractivity contribution is 6.01. The van der Waals surface area contributed by atoms with Gasteiger partial charge in [0.1, 0.15) is 0 Å². The first kappa shape index (κ1) is 11.7. The number of carbonyl (C=O) groups is 3. The standard InChI is InChI=1S/C10H15NO4/c1-6(2)7(3)10(14)15-11-8(12)4-5-9(11)13/h6-7H,4-5H2,1-3H3. The topological polar surface area (TPSA) is 63.7 Å². The third-order valence-electron chi connectivity index (χ3n) is 2.56. The maximum Gasteiger partial charge on any atom is 0.336 e. The Morgan fingerprint density at radius 2 is 1.67 bits per heavy atom. The molecule has 1 atom stereocenters. The van der Waals surface area contributed by atoms with Crippen molar-refractivity contribution >= 4 is 17.8 Å². The number of nitrogens with zero attached hydrogens (tertiary/aromatic N) is 1. The van der Waals surface area contributed by atoms with E-state index in [0.29, 0.717) is 5.06 Å². The normalized spacial score (nSPS) is 18.5. The van der Waals surface area contributed by atoms with Gasteiger partial charge in [0, 0.05) is 12.8 Å². The fourth-order valence-electron chi connectivity index (χ4n) is 1.10. The quantitative estimate of drug-likeness (QED) is 0.653. The van der Waals surface area contributed by atoms with Gasteiger partial charge in [-0.1, -0.05) is 20.8 Å². The highest BCUT2D eigenvalue weighted by Gasteiger charge is 2.34. The van der Waals surface area contributed by atoms with E-state index in [0.717, 1.165) is 0 Å². The number of carbonyl (C=O) groups excluding carboxylic acids is 3. The smallest absolute Gasteiger partial charge is 0.330 e. The fraction of sp³-hybridized carbons (Fsp3) is 0.700. The summed E-state index contributed by atoms with van der Waals surface area (Å²) in [7, 11) is 0. The van der Waals surface area contributed by atoms with Gasteiger partial charge in [0.2, 0.25) is 0 Å². The minimum absolute atomic E-state index is 0.116. The van der Waals surface area contributed by atoms with E-state index in [-0.39, 0.29) is 24.7 Å². The molecule has 1 fully saturated rings. The molecule has 5 heteroatoms. The Kier molecular flexibility index (Phi) is 3.44. The van der Waals surface area contributed by atoms with Gasteiger partial charge in [0.05, 0.1) is 5.92 Å². The van der Waals surface area contributed by atoms with E-state index in [9.17, 15) is 14.4 Å². The molecule has 2 amide bonds. The Hall–Kier alpha value is -1.39. The van der Waals surface area contributed by atoms with Crippen molar-refractivity contribution in [2.75, 3.05) is 0 Å². The predicted octanol–water partition coefficient (Wildman–Crippen LogP) is 0.886. The molecule has 1 rings (SSSR count). The summed E-state index contributed by atoms with van der Waals surface area (Å²) < 4.78 is 0. The lowest BCUT2D eigenvalue weighted by molar-refractivity contribution is -0.201. The van der Waals surface area contributed by atoms with Gasteiger partial charge < -0.3 is 4.84 Å². The fourth-order valence-corrected chi connectivity index (χ4v) is 1.10. The van der Waals surface area contributed by atoms with Gasteiger partial charge in [-0.05, 0) is 5.92 Å². The second kappa shape index (κ2) is 4.42. The lowest BCUT2D eigenvalue weighted by Crippen LogP contribution is -2.35. The molecule has 0 aromatic heterocycles. The lowest BCUT2D eigenvalue weighted by Gasteiger charge is -2.18. The number of imide groups is 1. The molecule has 15 heavy (non-hydrogen) atoms. The molecule has 84 valence electrons. The van der Waals surface area contributed by atoms with Crippen LogP contribution < -0.4 is 0 Å². The van der Waals surface area contributed by atoms with Crippen LogP contribution >= 0.6 is 0 Å². The van der Waals surface area contributed by atoms with E-state index in [4.69, 9.17) is 4.84 Å². The first-order chi connectivity index (χ1) is 6.93. The van der Waals surface area contributed by atoms with E-state index in [1.807, 2.05) is 13.8 Å². The molecule has 0 spiro atoms. The molecule has 0 saturated carbocycles. The Morgan fingerprint density at radius 3 is 2.07 bits per heavy atom. The molecular weight excluding hydrogens is 198 g/mol. The SMILES string of the molecule is CC(C)C(C)C(=O)ON1C(=O)CCC1=O. The minimum atomic E-state index is -0.534. The van der Waals surface area contributed by atoms with Crippen LogP contribution in [0.25, 0.3) is 0 Å². The zero-order chi connectivity index (χ0) is 11.6. The average Bonchev–Trinajstić information content (AvgIpc) is 2.47. The molecule has 1 aliphatic rings. The summed E-state index contributed by atoms with van der Waals surface area (Å²) in [6, 6.07) is 0.